The predicted octanol–water partition coefficient (Wildman–Crippen LogP) is 4.24. The number of hydrogen-bond donors (Lipinski definition) is 1. The summed E-state index contributed by atoms with van der Waals surface area (Å²) in [6.07, 6.45) is 5.03. The molecule has 1 unspecified atom stereocenters. The van der Waals surface area contributed by atoms with Crippen LogP contribution in [0.4, 0.5) is 10.5 Å². The molecule has 0 saturated carbocycles. The first kappa shape index (κ1) is 16.4. The van der Waals surface area contributed by atoms with Gasteiger partial charge in [-0.2, -0.15) is 0 Å². The van der Waals surface area contributed by atoms with E-state index < -0.39 is 0 Å². The van der Waals surface area contributed by atoms with Crippen molar-refractivity contribution in [1.82, 2.24) is 15.1 Å². The van der Waals surface area contributed by atoms with E-state index in [1.54, 1.807) is 37.5 Å². The molecule has 0 aliphatic carbocycles. The lowest BCUT2D eigenvalue weighted by Crippen LogP contribution is -2.52. The van der Waals surface area contributed by atoms with Crippen LogP contribution in [0.5, 0.6) is 0 Å². The zero-order valence-corrected chi connectivity index (χ0v) is 14.4. The van der Waals surface area contributed by atoms with E-state index in [1.165, 1.54) is 0 Å². The summed E-state index contributed by atoms with van der Waals surface area (Å²) in [5, 5.41) is 12.1. The first-order valence-corrected chi connectivity index (χ1v) is 7.98. The number of benzene rings is 1. The number of carbonyl (C=O) groups excluding carboxylic acids is 1. The summed E-state index contributed by atoms with van der Waals surface area (Å²) in [7, 11) is 0. The van der Waals surface area contributed by atoms with Gasteiger partial charge in [0.15, 0.2) is 11.5 Å². The second kappa shape index (κ2) is 6.22. The van der Waals surface area contributed by atoms with E-state index in [0.717, 1.165) is 5.56 Å². The standard InChI is InChI=1S/C17H17ClN4O2/c1-11(2)20-17(23)22(10-4-9-19-22)16-12(3)24-21-15(16)13-5-7-14(18)8-6-13/h4-11H,1-3H3/p+1. The van der Waals surface area contributed by atoms with Crippen LogP contribution in [-0.2, 0) is 0 Å². The van der Waals surface area contributed by atoms with Crippen LogP contribution in [-0.4, -0.2) is 23.4 Å². The fourth-order valence-corrected chi connectivity index (χ4v) is 2.74. The van der Waals surface area contributed by atoms with Crippen LogP contribution in [0, 0.1) is 6.92 Å². The van der Waals surface area contributed by atoms with Crippen molar-refractivity contribution in [3.8, 4) is 11.3 Å². The van der Waals surface area contributed by atoms with Gasteiger partial charge in [0.25, 0.3) is 0 Å². The molecule has 124 valence electrons. The summed E-state index contributed by atoms with van der Waals surface area (Å²) in [6.45, 7) is 5.57. The molecule has 2 heterocycles. The van der Waals surface area contributed by atoms with Gasteiger partial charge in [-0.1, -0.05) is 38.6 Å². The van der Waals surface area contributed by atoms with Crippen molar-refractivity contribution in [3.63, 3.8) is 0 Å². The lowest BCUT2D eigenvalue weighted by molar-refractivity contribution is 0.214. The smallest absolute Gasteiger partial charge is 0.354 e. The van der Waals surface area contributed by atoms with Gasteiger partial charge < -0.3 is 9.84 Å². The Bertz CT molecular complexity index is 810. The molecule has 0 spiro atoms. The van der Waals surface area contributed by atoms with Crippen LogP contribution in [0.2, 0.25) is 5.02 Å². The first-order valence-electron chi connectivity index (χ1n) is 7.60. The summed E-state index contributed by atoms with van der Waals surface area (Å²) in [5.41, 5.74) is 1.95. The summed E-state index contributed by atoms with van der Waals surface area (Å²) in [6, 6.07) is 6.93. The van der Waals surface area contributed by atoms with E-state index in [0.29, 0.717) is 22.2 Å². The van der Waals surface area contributed by atoms with Crippen molar-refractivity contribution < 1.29 is 9.32 Å². The number of amides is 2. The third-order valence-electron chi connectivity index (χ3n) is 3.65. The van der Waals surface area contributed by atoms with Crippen molar-refractivity contribution in [2.24, 2.45) is 5.10 Å². The average molecular weight is 346 g/mol. The zero-order chi connectivity index (χ0) is 17.3. The highest BCUT2D eigenvalue weighted by Gasteiger charge is 2.46. The number of halogens is 1. The summed E-state index contributed by atoms with van der Waals surface area (Å²) >= 11 is 5.96. The highest BCUT2D eigenvalue weighted by Crippen LogP contribution is 2.40. The van der Waals surface area contributed by atoms with Crippen LogP contribution >= 0.6 is 11.6 Å². The highest BCUT2D eigenvalue weighted by atomic mass is 35.5. The van der Waals surface area contributed by atoms with Gasteiger partial charge in [-0.25, -0.2) is 4.79 Å². The Morgan fingerprint density at radius 3 is 2.58 bits per heavy atom. The van der Waals surface area contributed by atoms with Crippen molar-refractivity contribution in [2.75, 3.05) is 0 Å². The molecule has 0 fully saturated rings. The van der Waals surface area contributed by atoms with Gasteiger partial charge >= 0.3 is 6.03 Å². The van der Waals surface area contributed by atoms with Gasteiger partial charge in [-0.3, -0.25) is 0 Å². The molecular formula is C17H18ClN4O2+. The van der Waals surface area contributed by atoms with Gasteiger partial charge in [-0.15, -0.1) is 0 Å². The van der Waals surface area contributed by atoms with Crippen molar-refractivity contribution in [2.45, 2.75) is 26.8 Å². The number of hydrogen-bond acceptors (Lipinski definition) is 4. The maximum absolute atomic E-state index is 12.9. The van der Waals surface area contributed by atoms with Crippen LogP contribution in [0.1, 0.15) is 19.6 Å². The van der Waals surface area contributed by atoms with Gasteiger partial charge in [0.1, 0.15) is 6.20 Å². The minimum atomic E-state index is -0.356. The summed E-state index contributed by atoms with van der Waals surface area (Å²) in [4.78, 5) is 12.9. The van der Waals surface area contributed by atoms with Crippen LogP contribution in [0.3, 0.4) is 0 Å². The second-order valence-electron chi connectivity index (χ2n) is 5.84. The Morgan fingerprint density at radius 1 is 1.29 bits per heavy atom. The number of aryl methyl sites for hydroxylation is 1. The lowest BCUT2D eigenvalue weighted by atomic mass is 10.1. The summed E-state index contributed by atoms with van der Waals surface area (Å²) < 4.78 is 5.03. The van der Waals surface area contributed by atoms with Crippen molar-refractivity contribution in [3.05, 3.63) is 47.3 Å². The van der Waals surface area contributed by atoms with Gasteiger partial charge in [0.2, 0.25) is 5.69 Å². The van der Waals surface area contributed by atoms with Crippen LogP contribution in [0.15, 0.2) is 46.2 Å². The molecule has 0 saturated heterocycles. The van der Waals surface area contributed by atoms with Crippen LogP contribution in [0.25, 0.3) is 11.3 Å². The molecule has 6 nitrogen and oxygen atoms in total. The SMILES string of the molecule is Cc1onc(-c2ccc(Cl)cc2)c1[N+]1(C(=O)NC(C)C)C=CC=N1. The van der Waals surface area contributed by atoms with Crippen LogP contribution < -0.4 is 9.91 Å². The molecule has 1 aromatic heterocycles. The first-order chi connectivity index (χ1) is 11.4. The Hall–Kier alpha value is -2.44. The Labute approximate surface area is 145 Å². The molecule has 1 aromatic carbocycles. The quantitative estimate of drug-likeness (QED) is 0.846. The number of nitrogens with one attached hydrogen (secondary N) is 1. The van der Waals surface area contributed by atoms with E-state index in [2.05, 4.69) is 15.6 Å². The highest BCUT2D eigenvalue weighted by molar-refractivity contribution is 6.30. The Kier molecular flexibility index (Phi) is 4.26. The largest absolute Gasteiger partial charge is 0.453 e. The van der Waals surface area contributed by atoms with Crippen molar-refractivity contribution in [1.29, 1.82) is 0 Å². The van der Waals surface area contributed by atoms with E-state index in [4.69, 9.17) is 16.1 Å². The average Bonchev–Trinajstić information content (AvgIpc) is 3.15. The molecule has 0 radical (unpaired) electrons. The van der Waals surface area contributed by atoms with E-state index >= 15 is 0 Å². The second-order valence-corrected chi connectivity index (χ2v) is 6.28. The molecule has 1 aliphatic rings. The fourth-order valence-electron chi connectivity index (χ4n) is 2.61. The zero-order valence-electron chi connectivity index (χ0n) is 13.7. The monoisotopic (exact) mass is 345 g/mol. The minimum Gasteiger partial charge on any atom is -0.354 e. The number of nitrogens with zero attached hydrogens (tertiary/aromatic N) is 3. The lowest BCUT2D eigenvalue weighted by Gasteiger charge is -2.23. The maximum Gasteiger partial charge on any atom is 0.453 e. The van der Waals surface area contributed by atoms with E-state index in [-0.39, 0.29) is 16.7 Å². The topological polar surface area (TPSA) is 67.5 Å². The number of urea groups is 1. The predicted molar refractivity (Wildman–Crippen MR) is 94.8 cm³/mol. The van der Waals surface area contributed by atoms with Gasteiger partial charge in [0, 0.05) is 29.6 Å². The van der Waals surface area contributed by atoms with Crippen molar-refractivity contribution >= 4 is 29.5 Å². The third-order valence-corrected chi connectivity index (χ3v) is 3.90. The number of quaternary nitrogens is 1. The molecule has 7 heteroatoms. The normalized spacial score (nSPS) is 19.2. The third kappa shape index (κ3) is 2.74. The Morgan fingerprint density at radius 2 is 2.00 bits per heavy atom. The molecular weight excluding hydrogens is 328 g/mol. The molecule has 1 atom stereocenters. The number of carbonyl (C=O) groups is 1. The van der Waals surface area contributed by atoms with E-state index in [9.17, 15) is 4.79 Å². The number of rotatable bonds is 3. The Balaban J connectivity index is 2.15. The molecule has 2 amide bonds. The van der Waals surface area contributed by atoms with Gasteiger partial charge in [0.05, 0.1) is 6.21 Å². The maximum atomic E-state index is 12.9. The number of aromatic nitrogens is 1. The number of allylic oxidation sites excluding steroid dienone is 1. The molecule has 24 heavy (non-hydrogen) atoms. The molecule has 3 rings (SSSR count). The molecule has 2 aromatic rings. The van der Waals surface area contributed by atoms with Gasteiger partial charge in [-0.05, 0) is 26.0 Å². The molecule has 0 bridgehead atoms. The fraction of sp³-hybridized carbons (Fsp3) is 0.235. The minimum absolute atomic E-state index is 0.0177. The van der Waals surface area contributed by atoms with E-state index in [1.807, 2.05) is 26.0 Å². The summed E-state index contributed by atoms with van der Waals surface area (Å²) in [5.74, 6) is 0.530. The molecule has 1 N–H and O–H groups in total. The molecule has 1 aliphatic heterocycles.